The van der Waals surface area contributed by atoms with Crippen LogP contribution in [-0.2, 0) is 20.7 Å². The Kier molecular flexibility index (Phi) is 7.87. The molecule has 0 saturated heterocycles. The standard InChI is InChI=1S/C27H27FN2O3S/c1-33-17-16-29(25(31)12-7-20-5-3-2-4-6-20)19-26(32)30-15-13-24-23(14-18-34-24)27(30)21-8-10-22(28)11-9-21/h2-12,14,18,27H,13,15-17,19H2,1H3/b12-7+. The number of carbonyl (C=O) groups is 2. The topological polar surface area (TPSA) is 49.9 Å². The molecule has 1 aliphatic rings. The predicted molar refractivity (Wildman–Crippen MR) is 132 cm³/mol. The lowest BCUT2D eigenvalue weighted by Crippen LogP contribution is -2.47. The van der Waals surface area contributed by atoms with Crippen molar-refractivity contribution in [3.63, 3.8) is 0 Å². The summed E-state index contributed by atoms with van der Waals surface area (Å²) >= 11 is 1.67. The van der Waals surface area contributed by atoms with Gasteiger partial charge in [0.05, 0.1) is 12.6 Å². The molecule has 2 heterocycles. The SMILES string of the molecule is COCCN(CC(=O)N1CCc2sccc2C1c1ccc(F)cc1)C(=O)/C=C/c1ccccc1. The third-order valence-corrected chi connectivity index (χ3v) is 6.89. The first-order valence-corrected chi connectivity index (χ1v) is 12.1. The largest absolute Gasteiger partial charge is 0.383 e. The molecule has 5 nitrogen and oxygen atoms in total. The summed E-state index contributed by atoms with van der Waals surface area (Å²) in [5.41, 5.74) is 2.83. The van der Waals surface area contributed by atoms with Crippen molar-refractivity contribution in [2.75, 3.05) is 33.4 Å². The molecule has 3 aromatic rings. The number of hydrogen-bond donors (Lipinski definition) is 0. The molecular formula is C27H27FN2O3S. The minimum Gasteiger partial charge on any atom is -0.383 e. The normalized spacial score (nSPS) is 15.4. The van der Waals surface area contributed by atoms with Crippen LogP contribution < -0.4 is 0 Å². The van der Waals surface area contributed by atoms with Crippen LogP contribution in [0, 0.1) is 5.82 Å². The van der Waals surface area contributed by atoms with Crippen LogP contribution in [0.5, 0.6) is 0 Å². The first-order chi connectivity index (χ1) is 16.6. The lowest BCUT2D eigenvalue weighted by Gasteiger charge is -2.37. The summed E-state index contributed by atoms with van der Waals surface area (Å²) in [4.78, 5) is 31.0. The molecule has 0 saturated carbocycles. The van der Waals surface area contributed by atoms with Crippen LogP contribution in [0.1, 0.15) is 27.6 Å². The summed E-state index contributed by atoms with van der Waals surface area (Å²) in [5.74, 6) is -0.714. The Morgan fingerprint density at radius 3 is 2.65 bits per heavy atom. The quantitative estimate of drug-likeness (QED) is 0.447. The van der Waals surface area contributed by atoms with Crippen molar-refractivity contribution in [2.24, 2.45) is 0 Å². The average molecular weight is 479 g/mol. The zero-order valence-electron chi connectivity index (χ0n) is 19.0. The second-order valence-corrected chi connectivity index (χ2v) is 9.09. The highest BCUT2D eigenvalue weighted by atomic mass is 32.1. The molecule has 1 aliphatic heterocycles. The van der Waals surface area contributed by atoms with Crippen molar-refractivity contribution in [3.05, 3.63) is 99.5 Å². The van der Waals surface area contributed by atoms with Gasteiger partial charge in [-0.15, -0.1) is 11.3 Å². The molecule has 0 spiro atoms. The van der Waals surface area contributed by atoms with Gasteiger partial charge in [0.2, 0.25) is 11.8 Å². The van der Waals surface area contributed by atoms with Gasteiger partial charge in [0.15, 0.2) is 0 Å². The molecule has 176 valence electrons. The van der Waals surface area contributed by atoms with Crippen LogP contribution in [0.3, 0.4) is 0 Å². The van der Waals surface area contributed by atoms with Crippen LogP contribution in [0.15, 0.2) is 72.1 Å². The van der Waals surface area contributed by atoms with E-state index in [9.17, 15) is 14.0 Å². The third kappa shape index (κ3) is 5.61. The molecule has 34 heavy (non-hydrogen) atoms. The number of fused-ring (bicyclic) bond motifs is 1. The summed E-state index contributed by atoms with van der Waals surface area (Å²) in [6, 6.07) is 17.6. The molecule has 0 radical (unpaired) electrons. The number of hydrogen-bond acceptors (Lipinski definition) is 4. The zero-order chi connectivity index (χ0) is 23.9. The van der Waals surface area contributed by atoms with Crippen LogP contribution in [-0.4, -0.2) is 55.0 Å². The van der Waals surface area contributed by atoms with Gasteiger partial charge in [-0.25, -0.2) is 4.39 Å². The molecule has 1 unspecified atom stereocenters. The second kappa shape index (κ2) is 11.2. The number of nitrogens with zero attached hydrogens (tertiary/aromatic N) is 2. The number of ether oxygens (including phenoxy) is 1. The van der Waals surface area contributed by atoms with E-state index in [1.807, 2.05) is 41.8 Å². The van der Waals surface area contributed by atoms with Crippen molar-refractivity contribution in [1.29, 1.82) is 0 Å². The van der Waals surface area contributed by atoms with E-state index in [4.69, 9.17) is 4.74 Å². The van der Waals surface area contributed by atoms with Crippen molar-refractivity contribution in [2.45, 2.75) is 12.5 Å². The Labute approximate surface area is 203 Å². The molecule has 2 aromatic carbocycles. The Morgan fingerprint density at radius 1 is 1.15 bits per heavy atom. The molecule has 0 aliphatic carbocycles. The predicted octanol–water partition coefficient (Wildman–Crippen LogP) is 4.55. The third-order valence-electron chi connectivity index (χ3n) is 5.89. The van der Waals surface area contributed by atoms with Gasteiger partial charge < -0.3 is 14.5 Å². The number of carbonyl (C=O) groups excluding carboxylic acids is 2. The van der Waals surface area contributed by atoms with Gasteiger partial charge in [0.1, 0.15) is 12.4 Å². The molecular weight excluding hydrogens is 451 g/mol. The van der Waals surface area contributed by atoms with Crippen molar-refractivity contribution < 1.29 is 18.7 Å². The number of benzene rings is 2. The number of halogens is 1. The van der Waals surface area contributed by atoms with Gasteiger partial charge in [0, 0.05) is 31.2 Å². The van der Waals surface area contributed by atoms with E-state index in [-0.39, 0.29) is 30.2 Å². The molecule has 1 aromatic heterocycles. The number of methoxy groups -OCH3 is 1. The first kappa shape index (κ1) is 23.9. The first-order valence-electron chi connectivity index (χ1n) is 11.2. The minimum atomic E-state index is -0.315. The molecule has 0 fully saturated rings. The van der Waals surface area contributed by atoms with Gasteiger partial charge in [-0.1, -0.05) is 42.5 Å². The van der Waals surface area contributed by atoms with E-state index in [1.54, 1.807) is 41.6 Å². The smallest absolute Gasteiger partial charge is 0.247 e. The summed E-state index contributed by atoms with van der Waals surface area (Å²) in [6.45, 7) is 1.12. The average Bonchev–Trinajstić information content (AvgIpc) is 3.34. The highest BCUT2D eigenvalue weighted by molar-refractivity contribution is 7.10. The summed E-state index contributed by atoms with van der Waals surface area (Å²) in [6.07, 6.45) is 3.99. The Hall–Kier alpha value is -3.29. The lowest BCUT2D eigenvalue weighted by molar-refractivity contribution is -0.140. The van der Waals surface area contributed by atoms with E-state index >= 15 is 0 Å². The maximum Gasteiger partial charge on any atom is 0.247 e. The maximum absolute atomic E-state index is 13.6. The molecule has 2 amide bonds. The molecule has 7 heteroatoms. The van der Waals surface area contributed by atoms with Crippen molar-refractivity contribution in [1.82, 2.24) is 9.80 Å². The van der Waals surface area contributed by atoms with Crippen molar-refractivity contribution >= 4 is 29.2 Å². The highest BCUT2D eigenvalue weighted by Gasteiger charge is 2.33. The van der Waals surface area contributed by atoms with Gasteiger partial charge in [-0.05, 0) is 52.8 Å². The Balaban J connectivity index is 1.55. The molecule has 0 bridgehead atoms. The maximum atomic E-state index is 13.6. The number of thiophene rings is 1. The van der Waals surface area contributed by atoms with Crippen LogP contribution in [0.4, 0.5) is 4.39 Å². The fourth-order valence-corrected chi connectivity index (χ4v) is 5.05. The fourth-order valence-electron chi connectivity index (χ4n) is 4.15. The summed E-state index contributed by atoms with van der Waals surface area (Å²) < 4.78 is 18.8. The second-order valence-electron chi connectivity index (χ2n) is 8.09. The van der Waals surface area contributed by atoms with E-state index in [0.29, 0.717) is 19.7 Å². The van der Waals surface area contributed by atoms with Crippen LogP contribution in [0.2, 0.25) is 0 Å². The Morgan fingerprint density at radius 2 is 1.91 bits per heavy atom. The van der Waals surface area contributed by atoms with Gasteiger partial charge >= 0.3 is 0 Å². The van der Waals surface area contributed by atoms with Crippen LogP contribution >= 0.6 is 11.3 Å². The minimum absolute atomic E-state index is 0.0571. The monoisotopic (exact) mass is 478 g/mol. The van der Waals surface area contributed by atoms with Crippen LogP contribution in [0.25, 0.3) is 6.08 Å². The molecule has 1 atom stereocenters. The van der Waals surface area contributed by atoms with Crippen molar-refractivity contribution in [3.8, 4) is 0 Å². The van der Waals surface area contributed by atoms with E-state index in [1.165, 1.54) is 28.0 Å². The fraction of sp³-hybridized carbons (Fsp3) is 0.259. The van der Waals surface area contributed by atoms with Gasteiger partial charge in [-0.2, -0.15) is 0 Å². The molecule has 4 rings (SSSR count). The molecule has 0 N–H and O–H groups in total. The zero-order valence-corrected chi connectivity index (χ0v) is 19.8. The number of rotatable bonds is 8. The van der Waals surface area contributed by atoms with E-state index in [0.717, 1.165) is 23.1 Å². The highest BCUT2D eigenvalue weighted by Crippen LogP contribution is 2.37. The van der Waals surface area contributed by atoms with E-state index < -0.39 is 0 Å². The summed E-state index contributed by atoms with van der Waals surface area (Å²) in [7, 11) is 1.57. The van der Waals surface area contributed by atoms with Gasteiger partial charge in [0.25, 0.3) is 0 Å². The number of amides is 2. The summed E-state index contributed by atoms with van der Waals surface area (Å²) in [5, 5.41) is 2.03. The van der Waals surface area contributed by atoms with E-state index in [2.05, 4.69) is 0 Å². The Bertz CT molecular complexity index is 1140. The lowest BCUT2D eigenvalue weighted by atomic mass is 9.93. The van der Waals surface area contributed by atoms with Gasteiger partial charge in [-0.3, -0.25) is 9.59 Å².